The number of nitrogens with two attached hydrogens (primary N) is 1. The van der Waals surface area contributed by atoms with Gasteiger partial charge in [0.25, 0.3) is 5.92 Å². The van der Waals surface area contributed by atoms with Gasteiger partial charge in [-0.3, -0.25) is 10.1 Å². The first-order valence-electron chi connectivity index (χ1n) is 4.33. The molecule has 0 amide bonds. The first kappa shape index (κ1) is 12.3. The minimum atomic E-state index is -3.28. The molecule has 0 bridgehead atoms. The van der Waals surface area contributed by atoms with Crippen LogP contribution in [0.2, 0.25) is 0 Å². The van der Waals surface area contributed by atoms with Crippen LogP contribution in [0.3, 0.4) is 0 Å². The lowest BCUT2D eigenvalue weighted by Crippen LogP contribution is -2.25. The summed E-state index contributed by atoms with van der Waals surface area (Å²) < 4.78 is 31.0. The highest BCUT2D eigenvalue weighted by molar-refractivity contribution is 5.49. The molecule has 0 aromatic heterocycles. The number of benzene rings is 1. The molecule has 16 heavy (non-hydrogen) atoms. The molecule has 0 aliphatic rings. The van der Waals surface area contributed by atoms with Gasteiger partial charge in [-0.15, -0.1) is 0 Å². The second-order valence-electron chi connectivity index (χ2n) is 3.05. The number of nitro benzene ring substituents is 1. The van der Waals surface area contributed by atoms with Crippen molar-refractivity contribution < 1.29 is 18.4 Å². The third-order valence-corrected chi connectivity index (χ3v) is 2.05. The summed E-state index contributed by atoms with van der Waals surface area (Å²) >= 11 is 0. The molecule has 88 valence electrons. The predicted octanol–water partition coefficient (Wildman–Crippen LogP) is 1.65. The fourth-order valence-corrected chi connectivity index (χ4v) is 1.18. The molecule has 1 aromatic rings. The van der Waals surface area contributed by atoms with Crippen molar-refractivity contribution in [2.75, 3.05) is 13.7 Å². The lowest BCUT2D eigenvalue weighted by Gasteiger charge is -2.14. The van der Waals surface area contributed by atoms with Crippen LogP contribution in [0.25, 0.3) is 0 Å². The zero-order valence-electron chi connectivity index (χ0n) is 8.44. The highest BCUT2D eigenvalue weighted by Crippen LogP contribution is 2.34. The molecule has 5 nitrogen and oxygen atoms in total. The molecule has 0 saturated carbocycles. The number of nitrogens with zero attached hydrogens (tertiary/aromatic N) is 1. The van der Waals surface area contributed by atoms with E-state index in [1.165, 1.54) is 7.11 Å². The van der Waals surface area contributed by atoms with Gasteiger partial charge in [-0.05, 0) is 12.1 Å². The molecule has 0 saturated heterocycles. The van der Waals surface area contributed by atoms with E-state index in [4.69, 9.17) is 10.5 Å². The number of alkyl halides is 2. The van der Waals surface area contributed by atoms with Crippen molar-refractivity contribution in [3.63, 3.8) is 0 Å². The lowest BCUT2D eigenvalue weighted by molar-refractivity contribution is -0.385. The van der Waals surface area contributed by atoms with Gasteiger partial charge in [0.2, 0.25) is 0 Å². The van der Waals surface area contributed by atoms with Gasteiger partial charge in [-0.2, -0.15) is 8.78 Å². The zero-order valence-corrected chi connectivity index (χ0v) is 8.44. The Balaban J connectivity index is 3.27. The SMILES string of the molecule is COc1ccc(C(F)(F)CN)cc1[N+](=O)[O-]. The fourth-order valence-electron chi connectivity index (χ4n) is 1.18. The smallest absolute Gasteiger partial charge is 0.311 e. The van der Waals surface area contributed by atoms with Crippen molar-refractivity contribution in [2.45, 2.75) is 5.92 Å². The van der Waals surface area contributed by atoms with Crippen LogP contribution in [-0.2, 0) is 5.92 Å². The van der Waals surface area contributed by atoms with Crippen molar-refractivity contribution in [3.05, 3.63) is 33.9 Å². The summed E-state index contributed by atoms with van der Waals surface area (Å²) in [6.45, 7) is -0.906. The Morgan fingerprint density at radius 3 is 2.62 bits per heavy atom. The maximum Gasteiger partial charge on any atom is 0.311 e. The Hall–Kier alpha value is -1.76. The molecule has 7 heteroatoms. The van der Waals surface area contributed by atoms with Crippen molar-refractivity contribution in [1.29, 1.82) is 0 Å². The summed E-state index contributed by atoms with van der Waals surface area (Å²) in [7, 11) is 1.23. The molecule has 2 N–H and O–H groups in total. The third kappa shape index (κ3) is 2.25. The summed E-state index contributed by atoms with van der Waals surface area (Å²) in [6, 6.07) is 2.95. The van der Waals surface area contributed by atoms with E-state index in [9.17, 15) is 18.9 Å². The van der Waals surface area contributed by atoms with Crippen LogP contribution in [0.5, 0.6) is 5.75 Å². The minimum absolute atomic E-state index is 0.0680. The van der Waals surface area contributed by atoms with E-state index in [-0.39, 0.29) is 5.75 Å². The van der Waals surface area contributed by atoms with Crippen molar-refractivity contribution >= 4 is 5.69 Å². The monoisotopic (exact) mass is 232 g/mol. The maximum atomic E-state index is 13.2. The molecular weight excluding hydrogens is 222 g/mol. The second kappa shape index (κ2) is 4.40. The molecule has 1 rings (SSSR count). The molecule has 0 aliphatic carbocycles. The molecule has 0 spiro atoms. The fraction of sp³-hybridized carbons (Fsp3) is 0.333. The zero-order chi connectivity index (χ0) is 12.3. The lowest BCUT2D eigenvalue weighted by atomic mass is 10.1. The normalized spacial score (nSPS) is 11.2. The van der Waals surface area contributed by atoms with Crippen LogP contribution in [-0.4, -0.2) is 18.6 Å². The first-order valence-corrected chi connectivity index (χ1v) is 4.33. The number of hydrogen-bond donors (Lipinski definition) is 1. The molecule has 0 radical (unpaired) electrons. The van der Waals surface area contributed by atoms with Gasteiger partial charge in [0.15, 0.2) is 5.75 Å². The highest BCUT2D eigenvalue weighted by Gasteiger charge is 2.32. The molecule has 0 heterocycles. The van der Waals surface area contributed by atoms with E-state index in [2.05, 4.69) is 0 Å². The summed E-state index contributed by atoms with van der Waals surface area (Å²) in [5, 5.41) is 10.6. The van der Waals surface area contributed by atoms with E-state index >= 15 is 0 Å². The maximum absolute atomic E-state index is 13.2. The van der Waals surface area contributed by atoms with Gasteiger partial charge < -0.3 is 10.5 Å². The van der Waals surface area contributed by atoms with Crippen molar-refractivity contribution in [2.24, 2.45) is 5.73 Å². The molecule has 0 atom stereocenters. The summed E-state index contributed by atoms with van der Waals surface area (Å²) in [4.78, 5) is 9.81. The van der Waals surface area contributed by atoms with Gasteiger partial charge in [0, 0.05) is 11.6 Å². The highest BCUT2D eigenvalue weighted by atomic mass is 19.3. The predicted molar refractivity (Wildman–Crippen MR) is 52.6 cm³/mol. The second-order valence-corrected chi connectivity index (χ2v) is 3.05. The van der Waals surface area contributed by atoms with Crippen molar-refractivity contribution in [3.8, 4) is 5.75 Å². The average molecular weight is 232 g/mol. The van der Waals surface area contributed by atoms with E-state index < -0.39 is 28.6 Å². The Morgan fingerprint density at radius 2 is 2.19 bits per heavy atom. The molecule has 1 aromatic carbocycles. The third-order valence-electron chi connectivity index (χ3n) is 2.05. The number of nitro groups is 1. The van der Waals surface area contributed by atoms with Crippen LogP contribution >= 0.6 is 0 Å². The van der Waals surface area contributed by atoms with Crippen LogP contribution < -0.4 is 10.5 Å². The average Bonchev–Trinajstić information content (AvgIpc) is 2.28. The van der Waals surface area contributed by atoms with E-state index in [1.54, 1.807) is 0 Å². The number of ether oxygens (including phenoxy) is 1. The molecule has 0 fully saturated rings. The van der Waals surface area contributed by atoms with Gasteiger partial charge in [0.1, 0.15) is 0 Å². The van der Waals surface area contributed by atoms with Gasteiger partial charge in [-0.1, -0.05) is 0 Å². The van der Waals surface area contributed by atoms with Crippen LogP contribution in [0, 0.1) is 10.1 Å². The largest absolute Gasteiger partial charge is 0.490 e. The standard InChI is InChI=1S/C9H10F2N2O3/c1-16-8-3-2-6(9(10,11)5-12)4-7(8)13(14)15/h2-4H,5,12H2,1H3. The van der Waals surface area contributed by atoms with Crippen molar-refractivity contribution in [1.82, 2.24) is 0 Å². The van der Waals surface area contributed by atoms with Gasteiger partial charge in [0.05, 0.1) is 18.6 Å². The Labute approximate surface area is 90.0 Å². The topological polar surface area (TPSA) is 78.4 Å². The van der Waals surface area contributed by atoms with E-state index in [1.807, 2.05) is 0 Å². The molecule has 0 unspecified atom stereocenters. The van der Waals surface area contributed by atoms with Gasteiger partial charge in [-0.25, -0.2) is 0 Å². The minimum Gasteiger partial charge on any atom is -0.490 e. The summed E-state index contributed by atoms with van der Waals surface area (Å²) in [5.74, 6) is -3.35. The summed E-state index contributed by atoms with van der Waals surface area (Å²) in [5.41, 5.74) is 3.88. The van der Waals surface area contributed by atoms with E-state index in [0.29, 0.717) is 0 Å². The first-order chi connectivity index (χ1) is 7.42. The Bertz CT molecular complexity index is 410. The molecular formula is C9H10F2N2O3. The Kier molecular flexibility index (Phi) is 3.38. The number of halogens is 2. The Morgan fingerprint density at radius 1 is 1.56 bits per heavy atom. The van der Waals surface area contributed by atoms with Crippen LogP contribution in [0.4, 0.5) is 14.5 Å². The van der Waals surface area contributed by atoms with Gasteiger partial charge >= 0.3 is 5.69 Å². The quantitative estimate of drug-likeness (QED) is 0.632. The van der Waals surface area contributed by atoms with Crippen LogP contribution in [0.15, 0.2) is 18.2 Å². The summed E-state index contributed by atoms with van der Waals surface area (Å²) in [6.07, 6.45) is 0. The van der Waals surface area contributed by atoms with Crippen LogP contribution in [0.1, 0.15) is 5.56 Å². The number of hydrogen-bond acceptors (Lipinski definition) is 4. The number of methoxy groups -OCH3 is 1. The molecule has 0 aliphatic heterocycles. The van der Waals surface area contributed by atoms with E-state index in [0.717, 1.165) is 18.2 Å². The number of rotatable bonds is 4.